The first-order chi connectivity index (χ1) is 15.4. The predicted molar refractivity (Wildman–Crippen MR) is 124 cm³/mol. The van der Waals surface area contributed by atoms with E-state index in [0.29, 0.717) is 30.4 Å². The highest BCUT2D eigenvalue weighted by Gasteiger charge is 2.65. The van der Waals surface area contributed by atoms with Crippen molar-refractivity contribution >= 4 is 34.1 Å². The molecule has 1 amide bonds. The molecule has 4 fully saturated rings. The summed E-state index contributed by atoms with van der Waals surface area (Å²) in [6.07, 6.45) is 6.77. The molecule has 3 atom stereocenters. The average Bonchev–Trinajstić information content (AvgIpc) is 3.70. The van der Waals surface area contributed by atoms with E-state index in [0.717, 1.165) is 53.7 Å². The van der Waals surface area contributed by atoms with E-state index < -0.39 is 6.10 Å². The number of hydrogen-bond donors (Lipinski definition) is 2. The normalized spacial score (nSPS) is 31.8. The molecule has 6 rings (SSSR count). The van der Waals surface area contributed by atoms with Gasteiger partial charge < -0.3 is 15.2 Å². The highest BCUT2D eigenvalue weighted by Crippen LogP contribution is 2.70. The second-order valence-corrected chi connectivity index (χ2v) is 11.0. The molecule has 2 aromatic rings. The summed E-state index contributed by atoms with van der Waals surface area (Å²) in [7, 11) is 0. The fourth-order valence-electron chi connectivity index (χ4n) is 5.87. The summed E-state index contributed by atoms with van der Waals surface area (Å²) in [5.41, 5.74) is 1.21. The van der Waals surface area contributed by atoms with Gasteiger partial charge in [-0.15, -0.1) is 0 Å². The molecule has 1 aromatic heterocycles. The van der Waals surface area contributed by atoms with Crippen LogP contribution in [-0.2, 0) is 9.53 Å². The van der Waals surface area contributed by atoms with Crippen molar-refractivity contribution in [2.45, 2.75) is 56.6 Å². The lowest BCUT2D eigenvalue weighted by atomic mass is 9.85. The summed E-state index contributed by atoms with van der Waals surface area (Å²) in [5, 5.41) is 16.2. The number of carbonyl (C=O) groups is 1. The fourth-order valence-corrected chi connectivity index (χ4v) is 6.19. The van der Waals surface area contributed by atoms with Gasteiger partial charge in [-0.3, -0.25) is 9.69 Å². The Balaban J connectivity index is 1.18. The summed E-state index contributed by atoms with van der Waals surface area (Å²) >= 11 is 6.69. The maximum absolute atomic E-state index is 12.5. The van der Waals surface area contributed by atoms with Crippen LogP contribution in [0.15, 0.2) is 24.4 Å². The minimum atomic E-state index is -0.435. The van der Waals surface area contributed by atoms with Gasteiger partial charge in [0.25, 0.3) is 0 Å². The molecule has 1 spiro atoms. The Kier molecular flexibility index (Phi) is 4.81. The first-order valence-corrected chi connectivity index (χ1v) is 12.2. The standard InChI is InChI=1S/C25H30ClN3O3/c1-24(14-32-13-21(24)30)29-6-2-15(3-7-29)18-8-16-10-22(27-12-17(16)9-20(18)26)28-23(31)19-11-25(19)4-5-25/h8-10,12,15,19,21,30H,2-7,11,13-14H2,1H3,(H,27,28,31)/t19-,21-,24+/m1/s1. The third-order valence-electron chi connectivity index (χ3n) is 8.53. The molecule has 2 aliphatic heterocycles. The van der Waals surface area contributed by atoms with Crippen LogP contribution in [0.4, 0.5) is 5.82 Å². The summed E-state index contributed by atoms with van der Waals surface area (Å²) in [6, 6.07) is 6.13. The van der Waals surface area contributed by atoms with Crippen molar-refractivity contribution in [3.8, 4) is 0 Å². The van der Waals surface area contributed by atoms with Crippen molar-refractivity contribution in [1.82, 2.24) is 9.88 Å². The van der Waals surface area contributed by atoms with E-state index in [2.05, 4.69) is 28.2 Å². The second kappa shape index (κ2) is 7.39. The van der Waals surface area contributed by atoms with E-state index in [4.69, 9.17) is 16.3 Å². The van der Waals surface area contributed by atoms with Gasteiger partial charge in [-0.1, -0.05) is 11.6 Å². The monoisotopic (exact) mass is 455 g/mol. The zero-order valence-electron chi connectivity index (χ0n) is 18.4. The van der Waals surface area contributed by atoms with Crippen molar-refractivity contribution in [3.63, 3.8) is 0 Å². The number of nitrogens with one attached hydrogen (secondary N) is 1. The first-order valence-electron chi connectivity index (χ1n) is 11.8. The van der Waals surface area contributed by atoms with Gasteiger partial charge in [-0.25, -0.2) is 4.98 Å². The molecule has 6 nitrogen and oxygen atoms in total. The second-order valence-electron chi connectivity index (χ2n) is 10.5. The summed E-state index contributed by atoms with van der Waals surface area (Å²) in [4.78, 5) is 19.3. The average molecular weight is 456 g/mol. The molecule has 4 aliphatic rings. The van der Waals surface area contributed by atoms with Gasteiger partial charge in [0.05, 0.1) is 24.9 Å². The Bertz CT molecular complexity index is 1080. The maximum Gasteiger partial charge on any atom is 0.229 e. The molecule has 1 aromatic carbocycles. The van der Waals surface area contributed by atoms with Crippen molar-refractivity contribution in [2.75, 3.05) is 31.6 Å². The number of pyridine rings is 1. The van der Waals surface area contributed by atoms with E-state index in [1.165, 1.54) is 12.8 Å². The van der Waals surface area contributed by atoms with Crippen LogP contribution in [0.1, 0.15) is 50.5 Å². The van der Waals surface area contributed by atoms with E-state index in [1.54, 1.807) is 6.20 Å². The molecule has 0 radical (unpaired) electrons. The number of anilines is 1. The number of aliphatic hydroxyl groups excluding tert-OH is 1. The lowest BCUT2D eigenvalue weighted by Crippen LogP contribution is -2.56. The third-order valence-corrected chi connectivity index (χ3v) is 8.86. The number of aliphatic hydroxyl groups is 1. The SMILES string of the molecule is C[C@]1(N2CCC(c3cc4cc(NC(=O)[C@H]5CC56CC6)ncc4cc3Cl)CC2)COC[C@H]1O. The largest absolute Gasteiger partial charge is 0.389 e. The third kappa shape index (κ3) is 3.43. The van der Waals surface area contributed by atoms with Crippen LogP contribution in [0.5, 0.6) is 0 Å². The highest BCUT2D eigenvalue weighted by atomic mass is 35.5. The molecule has 3 heterocycles. The minimum Gasteiger partial charge on any atom is -0.389 e. The number of nitrogens with zero attached hydrogens (tertiary/aromatic N) is 2. The number of benzene rings is 1. The van der Waals surface area contributed by atoms with Crippen LogP contribution < -0.4 is 5.32 Å². The summed E-state index contributed by atoms with van der Waals surface area (Å²) in [5.74, 6) is 1.29. The molecule has 32 heavy (non-hydrogen) atoms. The van der Waals surface area contributed by atoms with Gasteiger partial charge in [-0.05, 0) is 92.6 Å². The first kappa shape index (κ1) is 20.8. The summed E-state index contributed by atoms with van der Waals surface area (Å²) in [6.45, 7) is 4.93. The fraction of sp³-hybridized carbons (Fsp3) is 0.600. The Labute approximate surface area is 193 Å². The molecule has 2 saturated heterocycles. The number of likely N-dealkylation sites (tertiary alicyclic amines) is 1. The van der Waals surface area contributed by atoms with Gasteiger partial charge in [0.1, 0.15) is 5.82 Å². The Morgan fingerprint density at radius 2 is 2.03 bits per heavy atom. The highest BCUT2D eigenvalue weighted by molar-refractivity contribution is 6.32. The zero-order chi connectivity index (χ0) is 22.1. The molecule has 170 valence electrons. The van der Waals surface area contributed by atoms with Gasteiger partial charge >= 0.3 is 0 Å². The van der Waals surface area contributed by atoms with Gasteiger partial charge in [0.15, 0.2) is 0 Å². The number of ether oxygens (including phenoxy) is 1. The molecule has 0 bridgehead atoms. The molecule has 0 unspecified atom stereocenters. The van der Waals surface area contributed by atoms with Gasteiger partial charge in [0.2, 0.25) is 5.91 Å². The van der Waals surface area contributed by atoms with Crippen molar-refractivity contribution < 1.29 is 14.6 Å². The number of rotatable bonds is 4. The van der Waals surface area contributed by atoms with E-state index in [-0.39, 0.29) is 17.4 Å². The number of hydrogen-bond acceptors (Lipinski definition) is 5. The smallest absolute Gasteiger partial charge is 0.229 e. The van der Waals surface area contributed by atoms with Crippen LogP contribution >= 0.6 is 11.6 Å². The number of carbonyl (C=O) groups excluding carboxylic acids is 1. The lowest BCUT2D eigenvalue weighted by Gasteiger charge is -2.43. The maximum atomic E-state index is 12.5. The van der Waals surface area contributed by atoms with Crippen LogP contribution in [0.2, 0.25) is 5.02 Å². The number of aromatic nitrogens is 1. The Morgan fingerprint density at radius 3 is 2.69 bits per heavy atom. The zero-order valence-corrected chi connectivity index (χ0v) is 19.2. The quantitative estimate of drug-likeness (QED) is 0.730. The van der Waals surface area contributed by atoms with Crippen molar-refractivity contribution in [3.05, 3.63) is 35.0 Å². The number of amides is 1. The number of halogens is 1. The van der Waals surface area contributed by atoms with E-state index >= 15 is 0 Å². The van der Waals surface area contributed by atoms with Crippen LogP contribution in [0.25, 0.3) is 10.8 Å². The summed E-state index contributed by atoms with van der Waals surface area (Å²) < 4.78 is 5.53. The molecular weight excluding hydrogens is 426 g/mol. The number of piperidine rings is 1. The van der Waals surface area contributed by atoms with Gasteiger partial charge in [-0.2, -0.15) is 0 Å². The topological polar surface area (TPSA) is 74.7 Å². The molecule has 2 saturated carbocycles. The van der Waals surface area contributed by atoms with Crippen molar-refractivity contribution in [2.24, 2.45) is 11.3 Å². The minimum absolute atomic E-state index is 0.113. The predicted octanol–water partition coefficient (Wildman–Crippen LogP) is 3.96. The molecule has 7 heteroatoms. The molecular formula is C25H30ClN3O3. The van der Waals surface area contributed by atoms with Gasteiger partial charge in [0, 0.05) is 22.5 Å². The van der Waals surface area contributed by atoms with Crippen molar-refractivity contribution in [1.29, 1.82) is 0 Å². The van der Waals surface area contributed by atoms with Crippen LogP contribution in [-0.4, -0.2) is 58.8 Å². The molecule has 2 N–H and O–H groups in total. The Hall–Kier alpha value is -1.73. The van der Waals surface area contributed by atoms with E-state index in [1.807, 2.05) is 12.1 Å². The Morgan fingerprint density at radius 1 is 1.25 bits per heavy atom. The van der Waals surface area contributed by atoms with Crippen LogP contribution in [0, 0.1) is 11.3 Å². The number of fused-ring (bicyclic) bond motifs is 1. The van der Waals surface area contributed by atoms with E-state index in [9.17, 15) is 9.90 Å². The van der Waals surface area contributed by atoms with Crippen LogP contribution in [0.3, 0.4) is 0 Å². The molecule has 2 aliphatic carbocycles. The lowest BCUT2D eigenvalue weighted by molar-refractivity contribution is -0.117.